The van der Waals surface area contributed by atoms with Crippen LogP contribution in [0.4, 0.5) is 0 Å². The summed E-state index contributed by atoms with van der Waals surface area (Å²) in [5, 5.41) is 13.0. The predicted molar refractivity (Wildman–Crippen MR) is 123 cm³/mol. The molecule has 0 N–H and O–H groups in total. The Morgan fingerprint density at radius 1 is 1.15 bits per heavy atom. The zero-order valence-corrected chi connectivity index (χ0v) is 18.7. The van der Waals surface area contributed by atoms with Gasteiger partial charge in [-0.1, -0.05) is 18.2 Å². The molecular weight excluding hydrogens is 418 g/mol. The third kappa shape index (κ3) is 4.65. The van der Waals surface area contributed by atoms with Gasteiger partial charge in [-0.05, 0) is 56.4 Å². The van der Waals surface area contributed by atoms with Crippen LogP contribution in [0.5, 0.6) is 0 Å². The van der Waals surface area contributed by atoms with E-state index in [2.05, 4.69) is 15.3 Å². The molecule has 0 bridgehead atoms. The van der Waals surface area contributed by atoms with E-state index >= 15 is 0 Å². The Morgan fingerprint density at radius 3 is 2.73 bits per heavy atom. The first-order valence-electron chi connectivity index (χ1n) is 11.5. The lowest BCUT2D eigenvalue weighted by atomic mass is 9.96. The molecule has 1 amide bonds. The molecule has 5 rings (SSSR count). The van der Waals surface area contributed by atoms with Crippen molar-refractivity contribution in [2.75, 3.05) is 13.1 Å². The fourth-order valence-electron chi connectivity index (χ4n) is 4.55. The highest BCUT2D eigenvalue weighted by Gasteiger charge is 2.27. The summed E-state index contributed by atoms with van der Waals surface area (Å²) in [7, 11) is 0. The van der Waals surface area contributed by atoms with Crippen molar-refractivity contribution in [1.82, 2.24) is 19.8 Å². The monoisotopic (exact) mass is 445 g/mol. The Morgan fingerprint density at radius 2 is 1.94 bits per heavy atom. The van der Waals surface area contributed by atoms with Crippen LogP contribution in [-0.4, -0.2) is 50.3 Å². The number of nitrogens with zero attached hydrogens (tertiary/aromatic N) is 5. The Labute approximate surface area is 192 Å². The molecule has 33 heavy (non-hydrogen) atoms. The van der Waals surface area contributed by atoms with E-state index in [1.54, 1.807) is 4.68 Å². The predicted octanol–water partition coefficient (Wildman–Crippen LogP) is 4.21. The number of ketones is 1. The van der Waals surface area contributed by atoms with Gasteiger partial charge >= 0.3 is 0 Å². The highest BCUT2D eigenvalue weighted by molar-refractivity contribution is 6.10. The van der Waals surface area contributed by atoms with Crippen molar-refractivity contribution >= 4 is 17.4 Å². The standard InChI is InChI=1S/C25H27N5O3/c1-17-14-21-22(31)15-20(28-30(21)16-17)8-5-9-23(32)29-12-10-19(11-13-29)25-27-26-24(33-25)18-6-3-2-4-7-18/h2-4,6-7,14,16,19H,5,8-13,15H2,1H3. The number of Topliss-reactive ketones (excluding diaryl/α,β-unsaturated/α-hetero) is 1. The van der Waals surface area contributed by atoms with Crippen molar-refractivity contribution < 1.29 is 14.0 Å². The van der Waals surface area contributed by atoms with E-state index < -0.39 is 0 Å². The van der Waals surface area contributed by atoms with Crippen molar-refractivity contribution in [3.63, 3.8) is 0 Å². The van der Waals surface area contributed by atoms with Gasteiger partial charge in [0.05, 0.1) is 6.42 Å². The zero-order valence-electron chi connectivity index (χ0n) is 18.7. The number of carbonyl (C=O) groups excluding carboxylic acids is 2. The molecule has 2 aliphatic rings. The molecule has 0 radical (unpaired) electrons. The minimum atomic E-state index is 0.0953. The minimum Gasteiger partial charge on any atom is -0.420 e. The van der Waals surface area contributed by atoms with Gasteiger partial charge < -0.3 is 9.32 Å². The van der Waals surface area contributed by atoms with Crippen LogP contribution in [0.15, 0.2) is 52.1 Å². The summed E-state index contributed by atoms with van der Waals surface area (Å²) < 4.78 is 7.57. The second-order valence-electron chi connectivity index (χ2n) is 8.83. The van der Waals surface area contributed by atoms with E-state index in [4.69, 9.17) is 4.42 Å². The highest BCUT2D eigenvalue weighted by Crippen LogP contribution is 2.29. The lowest BCUT2D eigenvalue weighted by Gasteiger charge is -2.30. The van der Waals surface area contributed by atoms with Crippen molar-refractivity contribution in [3.05, 3.63) is 59.7 Å². The van der Waals surface area contributed by atoms with Gasteiger partial charge in [0, 0.05) is 42.9 Å². The van der Waals surface area contributed by atoms with Gasteiger partial charge in [0.1, 0.15) is 5.69 Å². The van der Waals surface area contributed by atoms with Crippen LogP contribution in [0, 0.1) is 6.92 Å². The van der Waals surface area contributed by atoms with Gasteiger partial charge in [-0.2, -0.15) is 5.10 Å². The number of likely N-dealkylation sites (tertiary alicyclic amines) is 1. The maximum Gasteiger partial charge on any atom is 0.247 e. The minimum absolute atomic E-state index is 0.0953. The van der Waals surface area contributed by atoms with Crippen molar-refractivity contribution in [1.29, 1.82) is 0 Å². The van der Waals surface area contributed by atoms with Gasteiger partial charge in [0.25, 0.3) is 0 Å². The lowest BCUT2D eigenvalue weighted by molar-refractivity contribution is -0.132. The van der Waals surface area contributed by atoms with Crippen LogP contribution >= 0.6 is 0 Å². The molecule has 8 nitrogen and oxygen atoms in total. The average Bonchev–Trinajstić information content (AvgIpc) is 3.47. The molecular formula is C25H27N5O3. The van der Waals surface area contributed by atoms with E-state index in [-0.39, 0.29) is 17.6 Å². The number of amides is 1. The average molecular weight is 446 g/mol. The molecule has 1 aromatic carbocycles. The molecule has 3 aromatic rings. The second-order valence-corrected chi connectivity index (χ2v) is 8.83. The number of benzene rings is 1. The Kier molecular flexibility index (Phi) is 5.90. The van der Waals surface area contributed by atoms with Gasteiger partial charge in [-0.3, -0.25) is 9.59 Å². The van der Waals surface area contributed by atoms with Gasteiger partial charge in [-0.15, -0.1) is 10.2 Å². The fourth-order valence-corrected chi connectivity index (χ4v) is 4.55. The largest absolute Gasteiger partial charge is 0.420 e. The summed E-state index contributed by atoms with van der Waals surface area (Å²) in [6.07, 6.45) is 5.68. The van der Waals surface area contributed by atoms with Crippen LogP contribution in [0.2, 0.25) is 0 Å². The topological polar surface area (TPSA) is 93.6 Å². The normalized spacial score (nSPS) is 16.6. The molecule has 2 aromatic heterocycles. The molecule has 0 atom stereocenters. The molecule has 0 saturated carbocycles. The molecule has 0 spiro atoms. The van der Waals surface area contributed by atoms with Crippen LogP contribution in [0.3, 0.4) is 0 Å². The maximum atomic E-state index is 12.7. The summed E-state index contributed by atoms with van der Waals surface area (Å²) in [6.45, 7) is 3.34. The molecule has 4 heterocycles. The second kappa shape index (κ2) is 9.13. The SMILES string of the molecule is Cc1cc2n(c1)N=C(CCCC(=O)N1CCC(c3nnc(-c4ccccc4)o3)CC1)CC2=O. The number of hydrogen-bond acceptors (Lipinski definition) is 6. The number of aryl methyl sites for hydroxylation is 1. The first kappa shape index (κ1) is 21.3. The maximum absolute atomic E-state index is 12.7. The van der Waals surface area contributed by atoms with E-state index in [9.17, 15) is 9.59 Å². The first-order valence-corrected chi connectivity index (χ1v) is 11.5. The summed E-state index contributed by atoms with van der Waals surface area (Å²) in [6, 6.07) is 11.6. The third-order valence-electron chi connectivity index (χ3n) is 6.35. The van der Waals surface area contributed by atoms with Crippen molar-refractivity contribution in [3.8, 4) is 11.5 Å². The van der Waals surface area contributed by atoms with Crippen molar-refractivity contribution in [2.45, 2.75) is 51.4 Å². The molecule has 1 saturated heterocycles. The van der Waals surface area contributed by atoms with Crippen LogP contribution < -0.4 is 0 Å². The lowest BCUT2D eigenvalue weighted by Crippen LogP contribution is -2.37. The number of fused-ring (bicyclic) bond motifs is 1. The third-order valence-corrected chi connectivity index (χ3v) is 6.35. The van der Waals surface area contributed by atoms with Gasteiger partial charge in [0.2, 0.25) is 17.7 Å². The molecule has 0 unspecified atom stereocenters. The van der Waals surface area contributed by atoms with Crippen LogP contribution in [-0.2, 0) is 4.79 Å². The summed E-state index contributed by atoms with van der Waals surface area (Å²) in [5.41, 5.74) is 3.43. The van der Waals surface area contributed by atoms with E-state index in [0.29, 0.717) is 56.2 Å². The fraction of sp³-hybridized carbons (Fsp3) is 0.400. The summed E-state index contributed by atoms with van der Waals surface area (Å²) in [4.78, 5) is 26.9. The van der Waals surface area contributed by atoms with Crippen LogP contribution in [0.25, 0.3) is 11.5 Å². The van der Waals surface area contributed by atoms with E-state index in [1.807, 2.05) is 54.4 Å². The quantitative estimate of drug-likeness (QED) is 0.566. The Bertz CT molecular complexity index is 1190. The number of rotatable bonds is 6. The number of carbonyl (C=O) groups is 2. The molecule has 2 aliphatic heterocycles. The van der Waals surface area contributed by atoms with Crippen LogP contribution in [0.1, 0.15) is 66.4 Å². The first-order chi connectivity index (χ1) is 16.1. The number of aromatic nitrogens is 3. The zero-order chi connectivity index (χ0) is 22.8. The molecule has 1 fully saturated rings. The molecule has 8 heteroatoms. The summed E-state index contributed by atoms with van der Waals surface area (Å²) in [5.74, 6) is 1.62. The Balaban J connectivity index is 1.10. The van der Waals surface area contributed by atoms with Gasteiger partial charge in [0.15, 0.2) is 5.78 Å². The highest BCUT2D eigenvalue weighted by atomic mass is 16.4. The molecule has 170 valence electrons. The van der Waals surface area contributed by atoms with Gasteiger partial charge in [-0.25, -0.2) is 4.68 Å². The number of piperidine rings is 1. The van der Waals surface area contributed by atoms with E-state index in [0.717, 1.165) is 29.7 Å². The Hall–Kier alpha value is -3.55. The smallest absolute Gasteiger partial charge is 0.247 e. The van der Waals surface area contributed by atoms with E-state index in [1.165, 1.54) is 0 Å². The summed E-state index contributed by atoms with van der Waals surface area (Å²) >= 11 is 0. The number of hydrogen-bond donors (Lipinski definition) is 0. The van der Waals surface area contributed by atoms with Crippen molar-refractivity contribution in [2.24, 2.45) is 5.10 Å². The molecule has 0 aliphatic carbocycles.